The lowest BCUT2D eigenvalue weighted by Crippen LogP contribution is -2.77. The van der Waals surface area contributed by atoms with E-state index in [9.17, 15) is 15.0 Å². The lowest BCUT2D eigenvalue weighted by atomic mass is 9.48. The molecule has 0 radical (unpaired) electrons. The Morgan fingerprint density at radius 3 is 2.94 bits per heavy atom. The first-order valence-corrected chi connectivity index (χ1v) is 12.2. The third kappa shape index (κ3) is 2.25. The molecule has 1 aromatic heterocycles. The fourth-order valence-corrected chi connectivity index (χ4v) is 7.54. The summed E-state index contributed by atoms with van der Waals surface area (Å²) in [6.45, 7) is 1.88. The van der Waals surface area contributed by atoms with E-state index in [4.69, 9.17) is 4.74 Å². The standard InChI is InChI=1S/C25H25NO4S/c27-18-6-5-15-11-19-25(29)12-16(10-17-2-1-9-31-17)21(28)23-24(25,20(15)22(18)30-23)7-8-26(19)13-14-3-4-14/h1-2,5-6,9-10,14,19,23,27,29H,3-4,7-8,11-13H2/b16-10+/t19-,23+,24+,25-/m1/s1. The molecule has 2 saturated carbocycles. The van der Waals surface area contributed by atoms with E-state index in [-0.39, 0.29) is 17.6 Å². The van der Waals surface area contributed by atoms with E-state index in [0.29, 0.717) is 24.2 Å². The quantitative estimate of drug-likeness (QED) is 0.724. The average Bonchev–Trinajstić information content (AvgIpc) is 3.26. The summed E-state index contributed by atoms with van der Waals surface area (Å²) in [6.07, 6.45) is 5.45. The van der Waals surface area contributed by atoms with Gasteiger partial charge in [-0.25, -0.2) is 0 Å². The zero-order valence-corrected chi connectivity index (χ0v) is 18.0. The summed E-state index contributed by atoms with van der Waals surface area (Å²) in [5, 5.41) is 25.1. The summed E-state index contributed by atoms with van der Waals surface area (Å²) >= 11 is 1.59. The van der Waals surface area contributed by atoms with Crippen LogP contribution in [-0.2, 0) is 16.6 Å². The Bertz CT molecular complexity index is 1140. The van der Waals surface area contributed by atoms with Crippen LogP contribution < -0.4 is 4.74 Å². The number of aliphatic hydroxyl groups is 1. The molecule has 3 fully saturated rings. The number of Topliss-reactive ketones (excluding diaryl/α,β-unsaturated/α-hetero) is 1. The molecule has 3 aliphatic carbocycles. The van der Waals surface area contributed by atoms with Gasteiger partial charge in [0.1, 0.15) is 0 Å². The van der Waals surface area contributed by atoms with Gasteiger partial charge in [-0.15, -0.1) is 11.3 Å². The number of carbonyl (C=O) groups is 1. The third-order valence-corrected chi connectivity index (χ3v) is 9.21. The third-order valence-electron chi connectivity index (χ3n) is 8.39. The van der Waals surface area contributed by atoms with Crippen LogP contribution >= 0.6 is 11.3 Å². The second-order valence-corrected chi connectivity index (χ2v) is 11.0. The van der Waals surface area contributed by atoms with Crippen LogP contribution in [0.5, 0.6) is 11.5 Å². The molecular formula is C25H25NO4S. The molecule has 2 N–H and O–H groups in total. The monoisotopic (exact) mass is 435 g/mol. The maximum Gasteiger partial charge on any atom is 0.200 e. The van der Waals surface area contributed by atoms with Crippen LogP contribution in [0, 0.1) is 5.92 Å². The van der Waals surface area contributed by atoms with Crippen LogP contribution in [0.1, 0.15) is 41.7 Å². The van der Waals surface area contributed by atoms with Crippen molar-refractivity contribution in [2.75, 3.05) is 13.1 Å². The van der Waals surface area contributed by atoms with E-state index in [1.807, 2.05) is 29.7 Å². The average molecular weight is 436 g/mol. The predicted octanol–water partition coefficient (Wildman–Crippen LogP) is 3.28. The van der Waals surface area contributed by atoms with Crippen molar-refractivity contribution in [1.82, 2.24) is 4.90 Å². The van der Waals surface area contributed by atoms with E-state index in [0.717, 1.165) is 41.4 Å². The van der Waals surface area contributed by atoms with E-state index >= 15 is 0 Å². The van der Waals surface area contributed by atoms with Gasteiger partial charge in [-0.2, -0.15) is 0 Å². The Labute approximate surface area is 185 Å². The molecule has 3 heterocycles. The highest BCUT2D eigenvalue weighted by Crippen LogP contribution is 2.65. The number of nitrogens with zero attached hydrogens (tertiary/aromatic N) is 1. The topological polar surface area (TPSA) is 70.0 Å². The molecule has 0 amide bonds. The first-order valence-electron chi connectivity index (χ1n) is 11.3. The summed E-state index contributed by atoms with van der Waals surface area (Å²) in [7, 11) is 0. The number of aromatic hydroxyl groups is 1. The van der Waals surface area contributed by atoms with Gasteiger partial charge in [-0.3, -0.25) is 9.69 Å². The highest BCUT2D eigenvalue weighted by molar-refractivity contribution is 7.10. The van der Waals surface area contributed by atoms with Crippen molar-refractivity contribution in [1.29, 1.82) is 0 Å². The Morgan fingerprint density at radius 2 is 2.16 bits per heavy atom. The number of rotatable bonds is 3. The summed E-state index contributed by atoms with van der Waals surface area (Å²) in [4.78, 5) is 17.2. The van der Waals surface area contributed by atoms with Gasteiger partial charge >= 0.3 is 0 Å². The van der Waals surface area contributed by atoms with Gasteiger partial charge in [0.25, 0.3) is 0 Å². The van der Waals surface area contributed by atoms with Gasteiger partial charge in [0.15, 0.2) is 17.6 Å². The summed E-state index contributed by atoms with van der Waals surface area (Å²) < 4.78 is 6.25. The van der Waals surface area contributed by atoms with Crippen LogP contribution in [0.2, 0.25) is 0 Å². The van der Waals surface area contributed by atoms with Gasteiger partial charge in [-0.05, 0) is 67.3 Å². The number of piperidine rings is 1. The number of ketones is 1. The maximum absolute atomic E-state index is 13.7. The first kappa shape index (κ1) is 18.4. The molecule has 31 heavy (non-hydrogen) atoms. The highest BCUT2D eigenvalue weighted by Gasteiger charge is 2.74. The van der Waals surface area contributed by atoms with Crippen LogP contribution in [0.25, 0.3) is 6.08 Å². The molecule has 7 rings (SSSR count). The Hall–Kier alpha value is -2.15. The summed E-state index contributed by atoms with van der Waals surface area (Å²) in [5.74, 6) is 1.17. The van der Waals surface area contributed by atoms with E-state index in [2.05, 4.69) is 4.90 Å². The lowest BCUT2D eigenvalue weighted by molar-refractivity contribution is -0.179. The van der Waals surface area contributed by atoms with Crippen LogP contribution in [0.3, 0.4) is 0 Å². The predicted molar refractivity (Wildman–Crippen MR) is 117 cm³/mol. The molecule has 2 bridgehead atoms. The minimum absolute atomic E-state index is 0.0454. The molecule has 160 valence electrons. The molecule has 5 aliphatic rings. The number of ether oxygens (including phenoxy) is 1. The molecule has 1 saturated heterocycles. The van der Waals surface area contributed by atoms with Crippen LogP contribution in [0.4, 0.5) is 0 Å². The molecule has 1 spiro atoms. The largest absolute Gasteiger partial charge is 0.504 e. The Balaban J connectivity index is 1.43. The maximum atomic E-state index is 13.7. The van der Waals surface area contributed by atoms with E-state index < -0.39 is 17.1 Å². The van der Waals surface area contributed by atoms with Crippen molar-refractivity contribution in [2.24, 2.45) is 5.92 Å². The molecule has 6 heteroatoms. The van der Waals surface area contributed by atoms with Crippen molar-refractivity contribution in [3.8, 4) is 11.5 Å². The SMILES string of the molecule is O=C1/C(=C/c2cccs2)C[C@@]2(O)[C@H]3Cc4ccc(O)c5c4[C@@]2(CCN3CC2CC2)[C@H]1O5. The fraction of sp³-hybridized carbons (Fsp3) is 0.480. The number of phenolic OH excluding ortho intramolecular Hbond substituents is 1. The number of likely N-dealkylation sites (tertiary alicyclic amines) is 1. The molecule has 5 nitrogen and oxygen atoms in total. The fourth-order valence-electron chi connectivity index (χ4n) is 6.85. The smallest absolute Gasteiger partial charge is 0.200 e. The Kier molecular flexibility index (Phi) is 3.57. The molecule has 1 aromatic carbocycles. The number of benzene rings is 1. The molecule has 4 atom stereocenters. The number of carbonyl (C=O) groups excluding carboxylic acids is 1. The number of hydrogen-bond acceptors (Lipinski definition) is 6. The van der Waals surface area contributed by atoms with Crippen molar-refractivity contribution in [3.05, 3.63) is 51.2 Å². The van der Waals surface area contributed by atoms with Gasteiger partial charge in [0.05, 0.1) is 11.0 Å². The number of thiophene rings is 1. The number of hydrogen-bond donors (Lipinski definition) is 2. The van der Waals surface area contributed by atoms with Crippen molar-refractivity contribution < 1.29 is 19.7 Å². The van der Waals surface area contributed by atoms with Crippen molar-refractivity contribution in [2.45, 2.75) is 55.3 Å². The van der Waals surface area contributed by atoms with Gasteiger partial charge < -0.3 is 14.9 Å². The lowest BCUT2D eigenvalue weighted by Gasteiger charge is -2.62. The zero-order chi connectivity index (χ0) is 21.0. The van der Waals surface area contributed by atoms with Crippen molar-refractivity contribution >= 4 is 23.2 Å². The molecule has 2 aliphatic heterocycles. The minimum atomic E-state index is -1.09. The normalized spacial score (nSPS) is 37.1. The molecular weight excluding hydrogens is 410 g/mol. The highest BCUT2D eigenvalue weighted by atomic mass is 32.1. The summed E-state index contributed by atoms with van der Waals surface area (Å²) in [6, 6.07) is 7.57. The van der Waals surface area contributed by atoms with E-state index in [1.165, 1.54) is 12.8 Å². The van der Waals surface area contributed by atoms with Crippen LogP contribution in [0.15, 0.2) is 35.2 Å². The van der Waals surface area contributed by atoms with Gasteiger partial charge in [-0.1, -0.05) is 12.1 Å². The molecule has 0 unspecified atom stereocenters. The second kappa shape index (κ2) is 6.00. The molecule has 2 aromatic rings. The van der Waals surface area contributed by atoms with Gasteiger partial charge in [0, 0.05) is 35.0 Å². The minimum Gasteiger partial charge on any atom is -0.504 e. The summed E-state index contributed by atoms with van der Waals surface area (Å²) in [5.41, 5.74) is 0.784. The Morgan fingerprint density at radius 1 is 1.29 bits per heavy atom. The first-order chi connectivity index (χ1) is 15.0. The van der Waals surface area contributed by atoms with Crippen molar-refractivity contribution in [3.63, 3.8) is 0 Å². The van der Waals surface area contributed by atoms with Gasteiger partial charge in [0.2, 0.25) is 5.78 Å². The zero-order valence-electron chi connectivity index (χ0n) is 17.2. The number of phenols is 1. The second-order valence-electron chi connectivity index (χ2n) is 9.98. The van der Waals surface area contributed by atoms with Crippen LogP contribution in [-0.4, -0.2) is 51.7 Å². The van der Waals surface area contributed by atoms with E-state index in [1.54, 1.807) is 17.4 Å².